The minimum atomic E-state index is -4.85. The molecular weight excluding hydrogens is 380 g/mol. The van der Waals surface area contributed by atoms with Crippen LogP contribution in [0.2, 0.25) is 0 Å². The van der Waals surface area contributed by atoms with Crippen molar-refractivity contribution in [3.05, 3.63) is 0 Å². The molecule has 0 spiro atoms. The second kappa shape index (κ2) is 5.53. The lowest BCUT2D eigenvalue weighted by Gasteiger charge is -2.41. The van der Waals surface area contributed by atoms with Gasteiger partial charge in [-0.2, -0.15) is 0 Å². The van der Waals surface area contributed by atoms with Gasteiger partial charge in [-0.3, -0.25) is 19.2 Å². The molecule has 4 unspecified atom stereocenters. The highest BCUT2D eigenvalue weighted by Gasteiger charge is 2.97. The van der Waals surface area contributed by atoms with E-state index in [1.165, 1.54) is 0 Å². The number of carbonyl (C=O) groups is 4. The number of primary amides is 3. The number of hydrogen-bond donors (Lipinski definition) is 12. The summed E-state index contributed by atoms with van der Waals surface area (Å²) in [4.78, 5) is 47.4. The summed E-state index contributed by atoms with van der Waals surface area (Å²) in [5.41, 5.74) is -4.38. The molecule has 16 nitrogen and oxygen atoms in total. The molecule has 0 radical (unpaired) electrons. The van der Waals surface area contributed by atoms with Crippen molar-refractivity contribution in [3.63, 3.8) is 0 Å². The number of rotatable bonds is 5. The number of nitrogens with one attached hydrogen (secondary N) is 1. The molecule has 1 aliphatic rings. The zero-order chi connectivity index (χ0) is 22.0. The number of amides is 4. The maximum absolute atomic E-state index is 12.2. The molecular formula is C11H18N4O12. The van der Waals surface area contributed by atoms with Crippen LogP contribution in [0.3, 0.4) is 0 Å². The predicted molar refractivity (Wildman–Crippen MR) is 75.5 cm³/mol. The highest BCUT2D eigenvalue weighted by molar-refractivity contribution is 6.11. The van der Waals surface area contributed by atoms with Gasteiger partial charge in [0.2, 0.25) is 34.1 Å². The van der Waals surface area contributed by atoms with E-state index in [1.54, 1.807) is 0 Å². The molecule has 0 aromatic rings. The van der Waals surface area contributed by atoms with E-state index >= 15 is 0 Å². The summed E-state index contributed by atoms with van der Waals surface area (Å²) < 4.78 is 0. The van der Waals surface area contributed by atoms with E-state index in [9.17, 15) is 49.8 Å². The normalized spacial score (nSPS) is 38.3. The van der Waals surface area contributed by atoms with Crippen molar-refractivity contribution in [2.45, 2.75) is 41.0 Å². The second-order valence-corrected chi connectivity index (χ2v) is 6.08. The van der Waals surface area contributed by atoms with Gasteiger partial charge in [0.05, 0.1) is 0 Å². The van der Waals surface area contributed by atoms with Gasteiger partial charge in [0.15, 0.2) is 0 Å². The van der Waals surface area contributed by atoms with Gasteiger partial charge in [-0.05, 0) is 0 Å². The fourth-order valence-corrected chi connectivity index (χ4v) is 2.98. The Hall–Kier alpha value is -2.44. The van der Waals surface area contributed by atoms with Crippen molar-refractivity contribution < 1.29 is 60.0 Å². The van der Waals surface area contributed by atoms with Crippen molar-refractivity contribution in [3.8, 4) is 0 Å². The van der Waals surface area contributed by atoms with Gasteiger partial charge in [0.25, 0.3) is 23.6 Å². The first-order valence-corrected chi connectivity index (χ1v) is 6.72. The Morgan fingerprint density at radius 1 is 0.704 bits per heavy atom. The van der Waals surface area contributed by atoms with Crippen molar-refractivity contribution in [1.29, 1.82) is 0 Å². The summed E-state index contributed by atoms with van der Waals surface area (Å²) in [7, 11) is 0. The van der Waals surface area contributed by atoms with E-state index in [-0.39, 0.29) is 0 Å². The lowest BCUT2D eigenvalue weighted by atomic mass is 9.73. The molecule has 0 heterocycles. The fourth-order valence-electron chi connectivity index (χ4n) is 2.98. The quantitative estimate of drug-likeness (QED) is 0.192. The summed E-state index contributed by atoms with van der Waals surface area (Å²) in [6.07, 6.45) is 0. The molecule has 16 heteroatoms. The third-order valence-electron chi connectivity index (χ3n) is 4.33. The van der Waals surface area contributed by atoms with Crippen molar-refractivity contribution in [2.24, 2.45) is 17.2 Å². The molecule has 154 valence electrons. The molecule has 0 aromatic heterocycles. The molecule has 1 fully saturated rings. The van der Waals surface area contributed by atoms with Crippen molar-refractivity contribution in [2.75, 3.05) is 0 Å². The lowest BCUT2D eigenvalue weighted by Crippen LogP contribution is -2.80. The lowest BCUT2D eigenvalue weighted by molar-refractivity contribution is -0.322. The number of nitrogens with two attached hydrogens (primary N) is 3. The van der Waals surface area contributed by atoms with Crippen LogP contribution < -0.4 is 22.5 Å². The maximum Gasteiger partial charge on any atom is 0.265 e. The van der Waals surface area contributed by atoms with Gasteiger partial charge >= 0.3 is 0 Å². The van der Waals surface area contributed by atoms with Crippen LogP contribution in [0.4, 0.5) is 0 Å². The van der Waals surface area contributed by atoms with Gasteiger partial charge in [-0.15, -0.1) is 0 Å². The van der Waals surface area contributed by atoms with E-state index < -0.39 is 57.7 Å². The zero-order valence-corrected chi connectivity index (χ0v) is 13.4. The minimum Gasteiger partial charge on any atom is -0.374 e. The van der Waals surface area contributed by atoms with E-state index in [1.807, 2.05) is 0 Å². The average Bonchev–Trinajstić information content (AvgIpc) is 2.55. The number of aliphatic hydroxyl groups is 8. The van der Waals surface area contributed by atoms with Crippen LogP contribution in [0, 0.1) is 0 Å². The summed E-state index contributed by atoms with van der Waals surface area (Å²) in [5, 5.41) is 81.3. The molecule has 1 aliphatic carbocycles. The van der Waals surface area contributed by atoms with Gasteiger partial charge in [0, 0.05) is 6.92 Å². The number of hydrogen-bond acceptors (Lipinski definition) is 12. The van der Waals surface area contributed by atoms with Crippen LogP contribution in [0.25, 0.3) is 0 Å². The van der Waals surface area contributed by atoms with Gasteiger partial charge < -0.3 is 63.4 Å². The first-order valence-electron chi connectivity index (χ1n) is 6.72. The standard InChI is InChI=1S/C11H18N4O12/c1-6(20,21)15-5(19)10(25)8(23,3(13)17)7(22,2(12)16)9(24,4(14)18)11(10,26)27/h20-27H,1H3,(H2,12,16)(H2,13,17)(H2,14,18)(H,15,19). The Balaban J connectivity index is 4.15. The Labute approximate surface area is 148 Å². The molecule has 0 bridgehead atoms. The van der Waals surface area contributed by atoms with Crippen molar-refractivity contribution in [1.82, 2.24) is 5.32 Å². The van der Waals surface area contributed by atoms with E-state index in [2.05, 4.69) is 0 Å². The van der Waals surface area contributed by atoms with E-state index in [0.717, 1.165) is 5.32 Å². The minimum absolute atomic E-state index is 0.420. The van der Waals surface area contributed by atoms with Crippen molar-refractivity contribution >= 4 is 23.6 Å². The van der Waals surface area contributed by atoms with Crippen LogP contribution >= 0.6 is 0 Å². The van der Waals surface area contributed by atoms with Crippen LogP contribution in [0.15, 0.2) is 0 Å². The topological polar surface area (TPSA) is 320 Å². The summed E-state index contributed by atoms with van der Waals surface area (Å²) >= 11 is 0. The molecule has 1 rings (SSSR count). The molecule has 4 atom stereocenters. The van der Waals surface area contributed by atoms with Gasteiger partial charge in [-0.25, -0.2) is 0 Å². The van der Waals surface area contributed by atoms with Gasteiger partial charge in [-0.1, -0.05) is 0 Å². The smallest absolute Gasteiger partial charge is 0.265 e. The average molecular weight is 398 g/mol. The molecule has 0 aliphatic heterocycles. The van der Waals surface area contributed by atoms with E-state index in [0.29, 0.717) is 6.92 Å². The van der Waals surface area contributed by atoms with Crippen LogP contribution in [0.5, 0.6) is 0 Å². The predicted octanol–water partition coefficient (Wildman–Crippen LogP) is -9.16. The Morgan fingerprint density at radius 2 is 1.00 bits per heavy atom. The third kappa shape index (κ3) is 2.14. The Morgan fingerprint density at radius 3 is 1.26 bits per heavy atom. The maximum atomic E-state index is 12.2. The second-order valence-electron chi connectivity index (χ2n) is 6.08. The van der Waals surface area contributed by atoms with Gasteiger partial charge in [0.1, 0.15) is 0 Å². The SMILES string of the molecule is CC(O)(O)NC(=O)C1(O)C(O)(O)C(O)(C(N)=O)C(O)(C(N)=O)C1(O)C(N)=O. The third-order valence-corrected chi connectivity index (χ3v) is 4.33. The summed E-state index contributed by atoms with van der Waals surface area (Å²) in [6.45, 7) is 0.420. The first-order chi connectivity index (χ1) is 11.7. The monoisotopic (exact) mass is 398 g/mol. The zero-order valence-electron chi connectivity index (χ0n) is 13.4. The summed E-state index contributed by atoms with van der Waals surface area (Å²) in [5.74, 6) is -18.1. The molecule has 1 saturated carbocycles. The Bertz CT molecular complexity index is 733. The fraction of sp³-hybridized carbons (Fsp3) is 0.636. The summed E-state index contributed by atoms with van der Waals surface area (Å²) in [6, 6.07) is 0. The molecule has 0 saturated heterocycles. The molecule has 0 aromatic carbocycles. The Kier molecular flexibility index (Phi) is 4.63. The molecule has 27 heavy (non-hydrogen) atoms. The molecule has 4 amide bonds. The van der Waals surface area contributed by atoms with E-state index in [4.69, 9.17) is 27.4 Å². The number of carbonyl (C=O) groups excluding carboxylic acids is 4. The highest BCUT2D eigenvalue weighted by Crippen LogP contribution is 2.57. The first kappa shape index (κ1) is 22.6. The van der Waals surface area contributed by atoms with Crippen LogP contribution in [-0.4, -0.2) is 98.6 Å². The van der Waals surface area contributed by atoms with Crippen LogP contribution in [0.1, 0.15) is 6.92 Å². The molecule has 15 N–H and O–H groups in total. The highest BCUT2D eigenvalue weighted by atomic mass is 16.6. The van der Waals surface area contributed by atoms with Crippen LogP contribution in [-0.2, 0) is 19.2 Å². The largest absolute Gasteiger partial charge is 0.374 e.